The van der Waals surface area contributed by atoms with E-state index in [0.717, 1.165) is 51.8 Å². The molecule has 0 amide bonds. The van der Waals surface area contributed by atoms with Gasteiger partial charge >= 0.3 is 6.18 Å². The van der Waals surface area contributed by atoms with Crippen LogP contribution in [-0.4, -0.2) is 29.1 Å². The summed E-state index contributed by atoms with van der Waals surface area (Å²) in [5.74, 6) is -1.91. The zero-order chi connectivity index (χ0) is 62.0. The number of hydrogen-bond acceptors (Lipinski definition) is 4. The topological polar surface area (TPSA) is 61.4 Å². The van der Waals surface area contributed by atoms with Crippen molar-refractivity contribution in [1.29, 1.82) is 0 Å². The molecule has 0 fully saturated rings. The predicted molar refractivity (Wildman–Crippen MR) is 360 cm³/mol. The Kier molecular flexibility index (Phi) is 13.6. The number of pyridine rings is 4. The molecular formula is C81H49F5N6. The minimum atomic E-state index is -5.17. The van der Waals surface area contributed by atoms with E-state index in [1.54, 1.807) is 15.2 Å². The molecule has 11 heteroatoms. The summed E-state index contributed by atoms with van der Waals surface area (Å²) in [4.78, 5) is 20.5. The molecule has 16 aromatic rings. The molecule has 0 bridgehead atoms. The Morgan fingerprint density at radius 2 is 0.543 bits per heavy atom. The largest absolute Gasteiger partial charge is 0.420 e. The van der Waals surface area contributed by atoms with Gasteiger partial charge in [-0.3, -0.25) is 0 Å². The van der Waals surface area contributed by atoms with Crippen LogP contribution in [0, 0.1) is 11.6 Å². The van der Waals surface area contributed by atoms with Gasteiger partial charge in [-0.1, -0.05) is 200 Å². The van der Waals surface area contributed by atoms with Crippen LogP contribution in [0.4, 0.5) is 22.0 Å². The maximum atomic E-state index is 17.9. The molecule has 0 saturated carbocycles. The van der Waals surface area contributed by atoms with Crippen LogP contribution >= 0.6 is 0 Å². The van der Waals surface area contributed by atoms with E-state index in [4.69, 9.17) is 19.9 Å². The van der Waals surface area contributed by atoms with Crippen LogP contribution in [0.15, 0.2) is 297 Å². The molecule has 0 spiro atoms. The van der Waals surface area contributed by atoms with E-state index in [2.05, 4.69) is 0 Å². The highest BCUT2D eigenvalue weighted by Crippen LogP contribution is 2.49. The van der Waals surface area contributed by atoms with Crippen molar-refractivity contribution in [3.05, 3.63) is 314 Å². The summed E-state index contributed by atoms with van der Waals surface area (Å²) in [6, 6.07) is 90.7. The average molecular weight is 1200 g/mol. The van der Waals surface area contributed by atoms with Gasteiger partial charge < -0.3 is 9.13 Å². The first-order chi connectivity index (χ1) is 45.0. The lowest BCUT2D eigenvalue weighted by Crippen LogP contribution is -2.17. The molecule has 6 nitrogen and oxygen atoms in total. The van der Waals surface area contributed by atoms with E-state index in [1.807, 2.05) is 267 Å². The van der Waals surface area contributed by atoms with Crippen LogP contribution in [-0.2, 0) is 6.18 Å². The fraction of sp³-hybridized carbons (Fsp3) is 0.0123. The van der Waals surface area contributed by atoms with Crippen LogP contribution in [0.3, 0.4) is 0 Å². The smallest absolute Gasteiger partial charge is 0.309 e. The number of rotatable bonds is 11. The van der Waals surface area contributed by atoms with Gasteiger partial charge in [-0.25, -0.2) is 28.7 Å². The molecule has 10 aromatic carbocycles. The Morgan fingerprint density at radius 3 is 0.848 bits per heavy atom. The van der Waals surface area contributed by atoms with Crippen LogP contribution in [0.2, 0.25) is 0 Å². The third-order valence-electron chi connectivity index (χ3n) is 17.1. The van der Waals surface area contributed by atoms with Gasteiger partial charge in [-0.2, -0.15) is 13.2 Å². The lowest BCUT2D eigenvalue weighted by molar-refractivity contribution is -0.137. The summed E-state index contributed by atoms with van der Waals surface area (Å²) < 4.78 is 89.0. The minimum Gasteiger partial charge on any atom is -0.309 e. The molecule has 0 unspecified atom stereocenters. The van der Waals surface area contributed by atoms with Crippen LogP contribution in [0.5, 0.6) is 0 Å². The predicted octanol–water partition coefficient (Wildman–Crippen LogP) is 21.8. The van der Waals surface area contributed by atoms with Gasteiger partial charge in [0.25, 0.3) is 0 Å². The monoisotopic (exact) mass is 1200 g/mol. The highest BCUT2D eigenvalue weighted by molar-refractivity contribution is 6.13. The summed E-state index contributed by atoms with van der Waals surface area (Å²) >= 11 is 0. The maximum Gasteiger partial charge on any atom is 0.420 e. The first-order valence-electron chi connectivity index (χ1n) is 30.0. The lowest BCUT2D eigenvalue weighted by atomic mass is 9.96. The fourth-order valence-corrected chi connectivity index (χ4v) is 12.9. The second-order valence-electron chi connectivity index (χ2n) is 22.7. The van der Waals surface area contributed by atoms with E-state index >= 15 is 22.0 Å². The van der Waals surface area contributed by atoms with Crippen molar-refractivity contribution < 1.29 is 22.0 Å². The first kappa shape index (κ1) is 55.4. The number of halogens is 5. The van der Waals surface area contributed by atoms with Gasteiger partial charge in [-0.15, -0.1) is 0 Å². The number of fused-ring (bicyclic) bond motifs is 6. The van der Waals surface area contributed by atoms with Crippen LogP contribution in [0.1, 0.15) is 5.56 Å². The Balaban J connectivity index is 1.02. The second-order valence-corrected chi connectivity index (χ2v) is 22.7. The highest BCUT2D eigenvalue weighted by Gasteiger charge is 2.41. The lowest BCUT2D eigenvalue weighted by Gasteiger charge is -2.25. The van der Waals surface area contributed by atoms with Crippen LogP contribution < -0.4 is 0 Å². The van der Waals surface area contributed by atoms with E-state index in [0.29, 0.717) is 100 Å². The summed E-state index contributed by atoms with van der Waals surface area (Å²) in [5, 5.41) is 2.59. The Bertz CT molecular complexity index is 5230. The van der Waals surface area contributed by atoms with Crippen molar-refractivity contribution in [2.24, 2.45) is 0 Å². The van der Waals surface area contributed by atoms with E-state index in [9.17, 15) is 0 Å². The van der Waals surface area contributed by atoms with E-state index in [-0.39, 0.29) is 22.5 Å². The molecule has 0 atom stereocenters. The molecule has 0 aliphatic rings. The fourth-order valence-electron chi connectivity index (χ4n) is 12.9. The zero-order valence-corrected chi connectivity index (χ0v) is 48.9. The number of hydrogen-bond donors (Lipinski definition) is 0. The number of benzene rings is 10. The normalized spacial score (nSPS) is 11.8. The second kappa shape index (κ2) is 22.6. The molecule has 16 rings (SSSR count). The molecule has 6 heterocycles. The maximum absolute atomic E-state index is 17.9. The molecule has 6 aromatic heterocycles. The van der Waals surface area contributed by atoms with E-state index < -0.39 is 23.4 Å². The van der Waals surface area contributed by atoms with Gasteiger partial charge in [0.1, 0.15) is 17.2 Å². The molecule has 0 aliphatic carbocycles. The third-order valence-corrected chi connectivity index (χ3v) is 17.1. The van der Waals surface area contributed by atoms with Gasteiger partial charge in [-0.05, 0) is 96.6 Å². The van der Waals surface area contributed by atoms with Gasteiger partial charge in [0.2, 0.25) is 0 Å². The van der Waals surface area contributed by atoms with Crippen LogP contribution in [0.25, 0.3) is 156 Å². The average Bonchev–Trinajstić information content (AvgIpc) is 1.53. The molecule has 0 saturated heterocycles. The quantitative estimate of drug-likeness (QED) is 0.121. The van der Waals surface area contributed by atoms with Crippen molar-refractivity contribution in [3.8, 4) is 113 Å². The van der Waals surface area contributed by atoms with Gasteiger partial charge in [0.05, 0.1) is 79.0 Å². The Morgan fingerprint density at radius 1 is 0.250 bits per heavy atom. The standard InChI is InChI=1S/C81H49F5N6/c82-59-43-58(44-60(83)49-59)61-41-42-74(91-75-45-54(70-29-13-25-66(87-70)50-17-5-1-6-18-50)33-37-62(75)63-38-34-55(46-76(63)91)71-30-14-26-67(88-71)51-19-7-2-8-20-51)79(81(84,85)86)80(61)92-77-47-56(72-31-15-27-68(89-72)52-21-9-3-10-22-52)35-39-64(77)65-40-36-57(48-78(65)92)73-32-16-28-69(90-73)53-23-11-4-12-24-53/h1-49H. The van der Waals surface area contributed by atoms with Crippen molar-refractivity contribution >= 4 is 43.6 Å². The molecule has 0 aliphatic heterocycles. The van der Waals surface area contributed by atoms with Gasteiger partial charge in [0.15, 0.2) is 0 Å². The molecule has 0 radical (unpaired) electrons. The SMILES string of the molecule is Fc1cc(F)cc(-c2ccc(-n3c4cc(-c5cccc(-c6ccccc6)n5)ccc4c4ccc(-c5cccc(-c6ccccc6)n5)cc43)c(C(F)(F)F)c2-n2c3cc(-c4cccc(-c5ccccc5)n4)ccc3c3ccc(-c4cccc(-c5ccccc5)n4)cc32)c1. The molecular weight excluding hydrogens is 1150 g/mol. The highest BCUT2D eigenvalue weighted by atomic mass is 19.4. The number of alkyl halides is 3. The zero-order valence-electron chi connectivity index (χ0n) is 48.9. The third kappa shape index (κ3) is 10.0. The number of aromatic nitrogens is 6. The first-order valence-corrected chi connectivity index (χ1v) is 30.0. The minimum absolute atomic E-state index is 0.0755. The summed E-state index contributed by atoms with van der Waals surface area (Å²) in [6.07, 6.45) is -5.17. The summed E-state index contributed by atoms with van der Waals surface area (Å²) in [5.41, 5.74) is 11.2. The Hall–Kier alpha value is -12.0. The van der Waals surface area contributed by atoms with Crippen molar-refractivity contribution in [1.82, 2.24) is 29.1 Å². The van der Waals surface area contributed by atoms with Crippen molar-refractivity contribution in [2.45, 2.75) is 6.18 Å². The molecule has 0 N–H and O–H groups in total. The van der Waals surface area contributed by atoms with Gasteiger partial charge in [0, 0.05) is 77.7 Å². The summed E-state index contributed by atoms with van der Waals surface area (Å²) in [6.45, 7) is 0. The number of nitrogens with zero attached hydrogens (tertiary/aromatic N) is 6. The van der Waals surface area contributed by atoms with Crippen molar-refractivity contribution in [3.63, 3.8) is 0 Å². The molecule has 438 valence electrons. The molecule has 92 heavy (non-hydrogen) atoms. The summed E-state index contributed by atoms with van der Waals surface area (Å²) in [7, 11) is 0. The van der Waals surface area contributed by atoms with Crippen molar-refractivity contribution in [2.75, 3.05) is 0 Å². The Labute approximate surface area is 525 Å². The van der Waals surface area contributed by atoms with E-state index in [1.165, 1.54) is 6.07 Å².